The predicted molar refractivity (Wildman–Crippen MR) is 105 cm³/mol. The Morgan fingerprint density at radius 2 is 1.54 bits per heavy atom. The van der Waals surface area contributed by atoms with E-state index in [1.807, 2.05) is 48.5 Å². The molecule has 0 aromatic carbocycles. The Kier molecular flexibility index (Phi) is 11.3. The summed E-state index contributed by atoms with van der Waals surface area (Å²) in [5.41, 5.74) is 8.76. The standard InChI is InChI=1S/C15H11N3.C6H11NO2.Ru/c1-3-9-16-13(7-1)12-6-5-11-18-15(12)14-8-2-4-10-17-14;7-4-1-2-6(9)3-5-8;/h1-11H;5H,1-4,7H2;. The molecule has 0 atom stereocenters. The minimum absolute atomic E-state index is 0. The molecule has 3 aromatic heterocycles. The molecule has 0 fully saturated rings. The van der Waals surface area contributed by atoms with Gasteiger partial charge in [0.15, 0.2) is 0 Å². The molecule has 146 valence electrons. The minimum atomic E-state index is -0.0181. The molecule has 0 spiro atoms. The van der Waals surface area contributed by atoms with Crippen molar-refractivity contribution < 1.29 is 29.1 Å². The topological polar surface area (TPSA) is 98.8 Å². The fourth-order valence-electron chi connectivity index (χ4n) is 2.34. The number of Topliss-reactive ketones (excluding diaryl/α,β-unsaturated/α-hetero) is 1. The van der Waals surface area contributed by atoms with Crippen LogP contribution < -0.4 is 5.73 Å². The number of hydrogen-bond acceptors (Lipinski definition) is 6. The average molecular weight is 464 g/mol. The number of hydrogen-bond donors (Lipinski definition) is 1. The smallest absolute Gasteiger partial charge is 0.140 e. The van der Waals surface area contributed by atoms with E-state index in [1.165, 1.54) is 0 Å². The van der Waals surface area contributed by atoms with E-state index in [-0.39, 0.29) is 31.7 Å². The van der Waals surface area contributed by atoms with Gasteiger partial charge in [0.05, 0.1) is 23.5 Å². The molecule has 2 N–H and O–H groups in total. The monoisotopic (exact) mass is 464 g/mol. The van der Waals surface area contributed by atoms with Crippen molar-refractivity contribution >= 4 is 12.1 Å². The molecule has 3 rings (SSSR count). The molecule has 0 aliphatic rings. The number of aromatic nitrogens is 3. The maximum Gasteiger partial charge on any atom is 0.140 e. The zero-order chi connectivity index (χ0) is 19.3. The fraction of sp³-hybridized carbons (Fsp3) is 0.190. The first-order valence-corrected chi connectivity index (χ1v) is 8.69. The Balaban J connectivity index is 0.000000339. The van der Waals surface area contributed by atoms with Crippen molar-refractivity contribution in [2.45, 2.75) is 19.3 Å². The number of pyridine rings is 3. The summed E-state index contributed by atoms with van der Waals surface area (Å²) in [6, 6.07) is 15.6. The number of aldehydes is 1. The molecule has 0 aliphatic carbocycles. The SMILES string of the molecule is NCCCC(=O)CC=O.[Ru].c1ccc(-c2cccnc2-c2ccccn2)nc1. The van der Waals surface area contributed by atoms with Gasteiger partial charge in [0.25, 0.3) is 0 Å². The maximum absolute atomic E-state index is 10.5. The average Bonchev–Trinajstić information content (AvgIpc) is 2.74. The number of carbonyl (C=O) groups is 2. The molecule has 7 heteroatoms. The van der Waals surface area contributed by atoms with Crippen molar-refractivity contribution in [1.29, 1.82) is 0 Å². The Bertz CT molecular complexity index is 787. The second-order valence-electron chi connectivity index (χ2n) is 5.63. The van der Waals surface area contributed by atoms with E-state index in [4.69, 9.17) is 5.73 Å². The van der Waals surface area contributed by atoms with Crippen LogP contribution in [0, 0.1) is 0 Å². The minimum Gasteiger partial charge on any atom is -0.330 e. The number of nitrogens with two attached hydrogens (primary N) is 1. The third-order valence-electron chi connectivity index (χ3n) is 3.63. The van der Waals surface area contributed by atoms with Gasteiger partial charge in [0.2, 0.25) is 0 Å². The number of nitrogens with zero attached hydrogens (tertiary/aromatic N) is 3. The molecule has 0 bridgehead atoms. The van der Waals surface area contributed by atoms with E-state index in [9.17, 15) is 9.59 Å². The van der Waals surface area contributed by atoms with Gasteiger partial charge in [-0.15, -0.1) is 0 Å². The molecule has 6 nitrogen and oxygen atoms in total. The molecule has 3 aromatic rings. The summed E-state index contributed by atoms with van der Waals surface area (Å²) in [5.74, 6) is -0.0181. The van der Waals surface area contributed by atoms with Crippen molar-refractivity contribution in [2.24, 2.45) is 5.73 Å². The van der Waals surface area contributed by atoms with Crippen molar-refractivity contribution in [3.05, 3.63) is 67.1 Å². The van der Waals surface area contributed by atoms with Gasteiger partial charge in [0, 0.05) is 50.1 Å². The Hall–Kier alpha value is -2.63. The first-order chi connectivity index (χ1) is 13.3. The summed E-state index contributed by atoms with van der Waals surface area (Å²) in [6.07, 6.45) is 7.12. The van der Waals surface area contributed by atoms with Gasteiger partial charge in [-0.3, -0.25) is 19.7 Å². The third kappa shape index (κ3) is 7.55. The van der Waals surface area contributed by atoms with E-state index in [2.05, 4.69) is 15.0 Å². The first-order valence-electron chi connectivity index (χ1n) is 8.69. The Morgan fingerprint density at radius 3 is 2.11 bits per heavy atom. The van der Waals surface area contributed by atoms with Gasteiger partial charge in [-0.25, -0.2) is 0 Å². The van der Waals surface area contributed by atoms with Crippen LogP contribution >= 0.6 is 0 Å². The van der Waals surface area contributed by atoms with Crippen molar-refractivity contribution in [2.75, 3.05) is 6.54 Å². The normalized spacial score (nSPS) is 9.46. The predicted octanol–water partition coefficient (Wildman–Crippen LogP) is 3.09. The Morgan fingerprint density at radius 1 is 0.893 bits per heavy atom. The molecule has 0 saturated heterocycles. The van der Waals surface area contributed by atoms with Gasteiger partial charge in [0.1, 0.15) is 12.1 Å². The summed E-state index contributed by atoms with van der Waals surface area (Å²) in [6.45, 7) is 0.518. The molecule has 0 unspecified atom stereocenters. The molecular formula is C21H22N4O2Ru. The third-order valence-corrected chi connectivity index (χ3v) is 3.63. The second kappa shape index (κ2) is 13.5. The van der Waals surface area contributed by atoms with Crippen LogP contribution in [-0.4, -0.2) is 33.6 Å². The summed E-state index contributed by atoms with van der Waals surface area (Å²) < 4.78 is 0. The molecule has 28 heavy (non-hydrogen) atoms. The summed E-state index contributed by atoms with van der Waals surface area (Å²) in [5, 5.41) is 0. The quantitative estimate of drug-likeness (QED) is 0.329. The maximum atomic E-state index is 10.5. The van der Waals surface area contributed by atoms with Crippen molar-refractivity contribution in [1.82, 2.24) is 15.0 Å². The van der Waals surface area contributed by atoms with E-state index in [0.29, 0.717) is 25.7 Å². The molecule has 0 amide bonds. The van der Waals surface area contributed by atoms with Crippen LogP contribution in [0.2, 0.25) is 0 Å². The zero-order valence-corrected chi connectivity index (χ0v) is 17.1. The van der Waals surface area contributed by atoms with Crippen LogP contribution in [0.15, 0.2) is 67.1 Å². The first kappa shape index (κ1) is 23.4. The number of carbonyl (C=O) groups excluding carboxylic acids is 2. The fourth-order valence-corrected chi connectivity index (χ4v) is 2.34. The molecule has 3 heterocycles. The van der Waals surface area contributed by atoms with Crippen LogP contribution in [0.25, 0.3) is 22.6 Å². The summed E-state index contributed by atoms with van der Waals surface area (Å²) in [4.78, 5) is 33.4. The second-order valence-corrected chi connectivity index (χ2v) is 5.63. The molecule has 0 saturated carbocycles. The van der Waals surface area contributed by atoms with Crippen LogP contribution in [-0.2, 0) is 29.1 Å². The van der Waals surface area contributed by atoms with Gasteiger partial charge < -0.3 is 10.5 Å². The van der Waals surface area contributed by atoms with Gasteiger partial charge in [-0.1, -0.05) is 12.1 Å². The van der Waals surface area contributed by atoms with Gasteiger partial charge in [-0.2, -0.15) is 0 Å². The van der Waals surface area contributed by atoms with E-state index >= 15 is 0 Å². The molecule has 0 radical (unpaired) electrons. The van der Waals surface area contributed by atoms with E-state index in [0.717, 1.165) is 22.6 Å². The van der Waals surface area contributed by atoms with Gasteiger partial charge >= 0.3 is 0 Å². The Labute approximate surface area is 177 Å². The number of rotatable bonds is 7. The van der Waals surface area contributed by atoms with Crippen molar-refractivity contribution in [3.63, 3.8) is 0 Å². The molecular weight excluding hydrogens is 441 g/mol. The largest absolute Gasteiger partial charge is 0.330 e. The van der Waals surface area contributed by atoms with Crippen LogP contribution in [0.1, 0.15) is 19.3 Å². The molecule has 0 aliphatic heterocycles. The number of ketones is 1. The van der Waals surface area contributed by atoms with Gasteiger partial charge in [-0.05, 0) is 49.4 Å². The zero-order valence-electron chi connectivity index (χ0n) is 15.3. The van der Waals surface area contributed by atoms with E-state index in [1.54, 1.807) is 18.6 Å². The summed E-state index contributed by atoms with van der Waals surface area (Å²) >= 11 is 0. The summed E-state index contributed by atoms with van der Waals surface area (Å²) in [7, 11) is 0. The van der Waals surface area contributed by atoms with Crippen LogP contribution in [0.3, 0.4) is 0 Å². The van der Waals surface area contributed by atoms with E-state index < -0.39 is 0 Å². The van der Waals surface area contributed by atoms with Crippen LogP contribution in [0.4, 0.5) is 0 Å². The van der Waals surface area contributed by atoms with Crippen LogP contribution in [0.5, 0.6) is 0 Å². The van der Waals surface area contributed by atoms with Crippen molar-refractivity contribution in [3.8, 4) is 22.6 Å².